The van der Waals surface area contributed by atoms with Crippen molar-refractivity contribution < 1.29 is 19.4 Å². The second-order valence-electron chi connectivity index (χ2n) is 5.26. The largest absolute Gasteiger partial charge is 0.480 e. The van der Waals surface area contributed by atoms with Crippen molar-refractivity contribution in [2.45, 2.75) is 26.2 Å². The van der Waals surface area contributed by atoms with Crippen LogP contribution in [0.4, 0.5) is 0 Å². The molecule has 0 aromatic heterocycles. The van der Waals surface area contributed by atoms with Crippen molar-refractivity contribution in [3.05, 3.63) is 35.9 Å². The summed E-state index contributed by atoms with van der Waals surface area (Å²) in [6.45, 7) is 4.39. The Morgan fingerprint density at radius 3 is 2.48 bits per heavy atom. The van der Waals surface area contributed by atoms with Gasteiger partial charge in [-0.1, -0.05) is 44.2 Å². The van der Waals surface area contributed by atoms with E-state index in [0.717, 1.165) is 5.56 Å². The molecule has 1 rings (SSSR count). The van der Waals surface area contributed by atoms with E-state index in [1.54, 1.807) is 0 Å². The SMILES string of the molecule is CC(C)C(CC(=O)NCCOCC(=O)O)c1ccccc1. The van der Waals surface area contributed by atoms with Gasteiger partial charge in [0.25, 0.3) is 0 Å². The molecule has 0 fully saturated rings. The Kier molecular flexibility index (Phi) is 7.46. The van der Waals surface area contributed by atoms with E-state index < -0.39 is 5.97 Å². The summed E-state index contributed by atoms with van der Waals surface area (Å²) in [5.74, 6) is -0.519. The van der Waals surface area contributed by atoms with Gasteiger partial charge in [0.1, 0.15) is 6.61 Å². The molecule has 1 aromatic rings. The highest BCUT2D eigenvalue weighted by molar-refractivity contribution is 5.76. The zero-order valence-electron chi connectivity index (χ0n) is 12.5. The van der Waals surface area contributed by atoms with Gasteiger partial charge in [-0.05, 0) is 17.4 Å². The van der Waals surface area contributed by atoms with Crippen molar-refractivity contribution in [3.8, 4) is 0 Å². The summed E-state index contributed by atoms with van der Waals surface area (Å²) in [5.41, 5.74) is 1.16. The molecule has 0 saturated heterocycles. The van der Waals surface area contributed by atoms with Gasteiger partial charge in [-0.15, -0.1) is 0 Å². The molecule has 1 unspecified atom stereocenters. The molecule has 5 heteroatoms. The molecule has 116 valence electrons. The predicted molar refractivity (Wildman–Crippen MR) is 80.1 cm³/mol. The van der Waals surface area contributed by atoms with Crippen LogP contribution in [0.15, 0.2) is 30.3 Å². The van der Waals surface area contributed by atoms with Gasteiger partial charge in [-0.3, -0.25) is 4.79 Å². The molecule has 0 saturated carbocycles. The highest BCUT2D eigenvalue weighted by Gasteiger charge is 2.19. The van der Waals surface area contributed by atoms with E-state index in [9.17, 15) is 9.59 Å². The molecule has 2 N–H and O–H groups in total. The number of carbonyl (C=O) groups is 2. The lowest BCUT2D eigenvalue weighted by Gasteiger charge is -2.21. The van der Waals surface area contributed by atoms with Crippen LogP contribution in [-0.2, 0) is 14.3 Å². The fourth-order valence-corrected chi connectivity index (χ4v) is 2.13. The van der Waals surface area contributed by atoms with Crippen molar-refractivity contribution in [1.82, 2.24) is 5.32 Å². The quantitative estimate of drug-likeness (QED) is 0.683. The summed E-state index contributed by atoms with van der Waals surface area (Å²) in [4.78, 5) is 22.2. The van der Waals surface area contributed by atoms with Crippen LogP contribution >= 0.6 is 0 Å². The van der Waals surface area contributed by atoms with Gasteiger partial charge in [-0.2, -0.15) is 0 Å². The van der Waals surface area contributed by atoms with Crippen molar-refractivity contribution in [2.24, 2.45) is 5.92 Å². The topological polar surface area (TPSA) is 75.6 Å². The Hall–Kier alpha value is -1.88. The first-order chi connectivity index (χ1) is 10.0. The number of benzene rings is 1. The van der Waals surface area contributed by atoms with Crippen LogP contribution in [-0.4, -0.2) is 36.7 Å². The third-order valence-corrected chi connectivity index (χ3v) is 3.23. The molecule has 1 aromatic carbocycles. The molecule has 0 heterocycles. The lowest BCUT2D eigenvalue weighted by Crippen LogP contribution is -2.30. The predicted octanol–water partition coefficient (Wildman–Crippen LogP) is 2.03. The van der Waals surface area contributed by atoms with Gasteiger partial charge in [-0.25, -0.2) is 4.79 Å². The molecule has 1 amide bonds. The minimum Gasteiger partial charge on any atom is -0.480 e. The highest BCUT2D eigenvalue weighted by atomic mass is 16.5. The Morgan fingerprint density at radius 1 is 1.24 bits per heavy atom. The summed E-state index contributed by atoms with van der Waals surface area (Å²) in [7, 11) is 0. The Balaban J connectivity index is 2.38. The van der Waals surface area contributed by atoms with E-state index in [-0.39, 0.29) is 25.0 Å². The van der Waals surface area contributed by atoms with Gasteiger partial charge in [0.2, 0.25) is 5.91 Å². The van der Waals surface area contributed by atoms with Gasteiger partial charge in [0, 0.05) is 13.0 Å². The molecular formula is C16H23NO4. The maximum Gasteiger partial charge on any atom is 0.329 e. The molecule has 1 atom stereocenters. The fraction of sp³-hybridized carbons (Fsp3) is 0.500. The van der Waals surface area contributed by atoms with Gasteiger partial charge < -0.3 is 15.2 Å². The normalized spacial score (nSPS) is 12.1. The summed E-state index contributed by atoms with van der Waals surface area (Å²) in [6.07, 6.45) is 0.417. The number of hydrogen-bond acceptors (Lipinski definition) is 3. The number of nitrogens with one attached hydrogen (secondary N) is 1. The van der Waals surface area contributed by atoms with Crippen LogP contribution in [0.3, 0.4) is 0 Å². The molecule has 0 aliphatic rings. The number of rotatable bonds is 9. The first kappa shape index (κ1) is 17.2. The van der Waals surface area contributed by atoms with Gasteiger partial charge >= 0.3 is 5.97 Å². The highest BCUT2D eigenvalue weighted by Crippen LogP contribution is 2.27. The van der Waals surface area contributed by atoms with Crippen molar-refractivity contribution in [1.29, 1.82) is 0 Å². The number of amides is 1. The van der Waals surface area contributed by atoms with Crippen LogP contribution in [0.1, 0.15) is 31.7 Å². The van der Waals surface area contributed by atoms with E-state index in [1.165, 1.54) is 0 Å². The van der Waals surface area contributed by atoms with E-state index in [4.69, 9.17) is 9.84 Å². The number of carboxylic acids is 1. The molecular weight excluding hydrogens is 270 g/mol. The monoisotopic (exact) mass is 293 g/mol. The standard InChI is InChI=1S/C16H23NO4/c1-12(2)14(13-6-4-3-5-7-13)10-15(18)17-8-9-21-11-16(19)20/h3-7,12,14H,8-11H2,1-2H3,(H,17,18)(H,19,20). The Labute approximate surface area is 125 Å². The summed E-state index contributed by atoms with van der Waals surface area (Å²) in [6, 6.07) is 9.98. The van der Waals surface area contributed by atoms with Crippen molar-refractivity contribution in [3.63, 3.8) is 0 Å². The maximum absolute atomic E-state index is 11.9. The molecule has 21 heavy (non-hydrogen) atoms. The molecule has 0 bridgehead atoms. The number of hydrogen-bond donors (Lipinski definition) is 2. The average Bonchev–Trinajstić information content (AvgIpc) is 2.44. The van der Waals surface area contributed by atoms with E-state index in [2.05, 4.69) is 19.2 Å². The molecule has 0 radical (unpaired) electrons. The van der Waals surface area contributed by atoms with Crippen LogP contribution in [0.5, 0.6) is 0 Å². The summed E-state index contributed by atoms with van der Waals surface area (Å²) in [5, 5.41) is 11.2. The number of ether oxygens (including phenoxy) is 1. The third-order valence-electron chi connectivity index (χ3n) is 3.23. The minimum absolute atomic E-state index is 0.0449. The van der Waals surface area contributed by atoms with Crippen molar-refractivity contribution in [2.75, 3.05) is 19.8 Å². The smallest absolute Gasteiger partial charge is 0.329 e. The number of aliphatic carboxylic acids is 1. The zero-order valence-corrected chi connectivity index (χ0v) is 12.5. The molecule has 0 spiro atoms. The molecule has 0 aliphatic heterocycles. The third kappa shape index (κ3) is 6.90. The van der Waals surface area contributed by atoms with Crippen LogP contribution in [0.25, 0.3) is 0 Å². The van der Waals surface area contributed by atoms with E-state index in [1.807, 2.05) is 30.3 Å². The Morgan fingerprint density at radius 2 is 1.90 bits per heavy atom. The number of carbonyl (C=O) groups excluding carboxylic acids is 1. The lowest BCUT2D eigenvalue weighted by molar-refractivity contribution is -0.142. The molecule has 5 nitrogen and oxygen atoms in total. The Bertz CT molecular complexity index is 445. The second kappa shape index (κ2) is 9.13. The van der Waals surface area contributed by atoms with Gasteiger partial charge in [0.05, 0.1) is 6.61 Å². The van der Waals surface area contributed by atoms with Crippen LogP contribution < -0.4 is 5.32 Å². The first-order valence-corrected chi connectivity index (χ1v) is 7.12. The maximum atomic E-state index is 11.9. The van der Waals surface area contributed by atoms with E-state index >= 15 is 0 Å². The lowest BCUT2D eigenvalue weighted by atomic mass is 9.85. The van der Waals surface area contributed by atoms with Crippen LogP contribution in [0, 0.1) is 5.92 Å². The minimum atomic E-state index is -1.01. The van der Waals surface area contributed by atoms with E-state index in [0.29, 0.717) is 18.9 Å². The second-order valence-corrected chi connectivity index (χ2v) is 5.26. The van der Waals surface area contributed by atoms with Crippen LogP contribution in [0.2, 0.25) is 0 Å². The molecule has 0 aliphatic carbocycles. The van der Waals surface area contributed by atoms with Gasteiger partial charge in [0.15, 0.2) is 0 Å². The fourth-order valence-electron chi connectivity index (χ4n) is 2.13. The summed E-state index contributed by atoms with van der Waals surface area (Å²) >= 11 is 0. The van der Waals surface area contributed by atoms with Crippen molar-refractivity contribution >= 4 is 11.9 Å². The summed E-state index contributed by atoms with van der Waals surface area (Å²) < 4.78 is 4.87. The number of carboxylic acid groups (broad SMARTS) is 1. The average molecular weight is 293 g/mol. The zero-order chi connectivity index (χ0) is 15.7. The first-order valence-electron chi connectivity index (χ1n) is 7.12.